The zero-order valence-corrected chi connectivity index (χ0v) is 20.7. The normalized spacial score (nSPS) is 12.5. The van der Waals surface area contributed by atoms with E-state index in [1.807, 2.05) is 60.7 Å². The Morgan fingerprint density at radius 2 is 1.36 bits per heavy atom. The average molecular weight is 489 g/mol. The molecule has 3 aromatic carbocycles. The summed E-state index contributed by atoms with van der Waals surface area (Å²) in [6.07, 6.45) is -0.141. The molecular formula is C29H32N2O5. The van der Waals surface area contributed by atoms with Crippen LogP contribution in [0.2, 0.25) is 0 Å². The fourth-order valence-electron chi connectivity index (χ4n) is 4.22. The molecule has 0 aliphatic carbocycles. The minimum Gasteiger partial charge on any atom is -0.480 e. The Balaban J connectivity index is 2.34. The fourth-order valence-corrected chi connectivity index (χ4v) is 4.22. The number of ether oxygens (including phenoxy) is 1. The van der Waals surface area contributed by atoms with Crippen LogP contribution >= 0.6 is 0 Å². The molecule has 0 spiro atoms. The van der Waals surface area contributed by atoms with Crippen molar-refractivity contribution < 1.29 is 24.2 Å². The van der Waals surface area contributed by atoms with Gasteiger partial charge in [-0.15, -0.1) is 0 Å². The summed E-state index contributed by atoms with van der Waals surface area (Å²) < 4.78 is 5.72. The largest absolute Gasteiger partial charge is 0.480 e. The standard InChI is InChI=1S/C29H32N2O5/c1-28(2,3)36-27(35)22-16-10-11-17-23(22)29(20-12-6-4-7-13-20,21-14-8-5-9-15-21)31-24(26(33)34)18-19-25(30)32/h4-17,24,31H,18-19H2,1-3H3,(H2,30,32)(H,33,34)/t24-/m1/s1. The van der Waals surface area contributed by atoms with E-state index in [-0.39, 0.29) is 12.8 Å². The zero-order chi connectivity index (χ0) is 26.3. The highest BCUT2D eigenvalue weighted by Crippen LogP contribution is 2.40. The van der Waals surface area contributed by atoms with Gasteiger partial charge in [-0.2, -0.15) is 0 Å². The molecule has 1 amide bonds. The summed E-state index contributed by atoms with van der Waals surface area (Å²) in [5.41, 5.74) is 5.61. The van der Waals surface area contributed by atoms with Crippen molar-refractivity contribution in [3.8, 4) is 0 Å². The molecule has 0 aromatic heterocycles. The van der Waals surface area contributed by atoms with Crippen LogP contribution in [0.4, 0.5) is 0 Å². The maximum absolute atomic E-state index is 13.4. The van der Waals surface area contributed by atoms with Crippen molar-refractivity contribution in [1.29, 1.82) is 0 Å². The summed E-state index contributed by atoms with van der Waals surface area (Å²) in [6, 6.07) is 24.5. The van der Waals surface area contributed by atoms with Gasteiger partial charge in [-0.05, 0) is 49.9 Å². The van der Waals surface area contributed by atoms with E-state index < -0.39 is 35.0 Å². The predicted octanol–water partition coefficient (Wildman–Crippen LogP) is 4.24. The van der Waals surface area contributed by atoms with Gasteiger partial charge in [0.25, 0.3) is 0 Å². The van der Waals surface area contributed by atoms with Crippen molar-refractivity contribution in [2.45, 2.75) is 50.8 Å². The molecule has 3 aromatic rings. The second-order valence-corrected chi connectivity index (χ2v) is 9.57. The quantitative estimate of drug-likeness (QED) is 0.290. The number of esters is 1. The number of hydrogen-bond donors (Lipinski definition) is 3. The second-order valence-electron chi connectivity index (χ2n) is 9.57. The highest BCUT2D eigenvalue weighted by molar-refractivity contribution is 5.92. The highest BCUT2D eigenvalue weighted by atomic mass is 16.6. The number of hydrogen-bond acceptors (Lipinski definition) is 5. The van der Waals surface area contributed by atoms with Gasteiger partial charge < -0.3 is 15.6 Å². The van der Waals surface area contributed by atoms with E-state index in [2.05, 4.69) is 5.32 Å². The Morgan fingerprint density at radius 3 is 1.83 bits per heavy atom. The number of rotatable bonds is 10. The first kappa shape index (κ1) is 26.6. The van der Waals surface area contributed by atoms with E-state index in [0.29, 0.717) is 11.1 Å². The zero-order valence-electron chi connectivity index (χ0n) is 20.7. The minimum absolute atomic E-state index is 0.0271. The van der Waals surface area contributed by atoms with E-state index in [1.54, 1.807) is 45.0 Å². The van der Waals surface area contributed by atoms with Gasteiger partial charge in [0.15, 0.2) is 0 Å². The van der Waals surface area contributed by atoms with Crippen LogP contribution in [0.25, 0.3) is 0 Å². The van der Waals surface area contributed by atoms with Crippen LogP contribution in [-0.4, -0.2) is 34.6 Å². The minimum atomic E-state index is -1.27. The van der Waals surface area contributed by atoms with Crippen molar-refractivity contribution in [3.63, 3.8) is 0 Å². The summed E-state index contributed by atoms with van der Waals surface area (Å²) in [4.78, 5) is 37.3. The van der Waals surface area contributed by atoms with Crippen molar-refractivity contribution >= 4 is 17.8 Å². The molecule has 0 heterocycles. The summed E-state index contributed by atoms with van der Waals surface area (Å²) >= 11 is 0. The number of carboxylic acids is 1. The molecule has 4 N–H and O–H groups in total. The Labute approximate surface area is 211 Å². The van der Waals surface area contributed by atoms with Gasteiger partial charge in [-0.25, -0.2) is 4.79 Å². The number of nitrogens with one attached hydrogen (secondary N) is 1. The van der Waals surface area contributed by atoms with E-state index in [4.69, 9.17) is 10.5 Å². The van der Waals surface area contributed by atoms with E-state index >= 15 is 0 Å². The molecule has 3 rings (SSSR count). The number of benzene rings is 3. The highest BCUT2D eigenvalue weighted by Gasteiger charge is 2.42. The van der Waals surface area contributed by atoms with Crippen LogP contribution in [0.5, 0.6) is 0 Å². The van der Waals surface area contributed by atoms with Gasteiger partial charge in [-0.1, -0.05) is 78.9 Å². The molecule has 0 aliphatic heterocycles. The Bertz CT molecular complexity index is 1160. The van der Waals surface area contributed by atoms with E-state index in [9.17, 15) is 19.5 Å². The van der Waals surface area contributed by atoms with Crippen molar-refractivity contribution in [3.05, 3.63) is 107 Å². The van der Waals surface area contributed by atoms with E-state index in [0.717, 1.165) is 11.1 Å². The number of nitrogens with two attached hydrogens (primary N) is 1. The first-order chi connectivity index (χ1) is 17.0. The van der Waals surface area contributed by atoms with E-state index in [1.165, 1.54) is 0 Å². The number of carbonyl (C=O) groups excluding carboxylic acids is 2. The third-order valence-electron chi connectivity index (χ3n) is 5.73. The van der Waals surface area contributed by atoms with Crippen molar-refractivity contribution in [2.24, 2.45) is 5.73 Å². The SMILES string of the molecule is CC(C)(C)OC(=O)c1ccccc1C(N[C@H](CCC(N)=O)C(=O)O)(c1ccccc1)c1ccccc1. The molecule has 0 radical (unpaired) electrons. The fraction of sp³-hybridized carbons (Fsp3) is 0.276. The third kappa shape index (κ3) is 6.17. The van der Waals surface area contributed by atoms with Gasteiger partial charge in [0.2, 0.25) is 5.91 Å². The molecule has 7 nitrogen and oxygen atoms in total. The number of amides is 1. The molecule has 0 aliphatic rings. The lowest BCUT2D eigenvalue weighted by Gasteiger charge is -2.40. The van der Waals surface area contributed by atoms with Gasteiger partial charge in [0, 0.05) is 6.42 Å². The van der Waals surface area contributed by atoms with Gasteiger partial charge in [0.05, 0.1) is 11.1 Å². The van der Waals surface area contributed by atoms with Crippen molar-refractivity contribution in [2.75, 3.05) is 0 Å². The van der Waals surface area contributed by atoms with Gasteiger partial charge in [-0.3, -0.25) is 14.9 Å². The molecule has 0 fully saturated rings. The molecular weight excluding hydrogens is 456 g/mol. The number of primary amides is 1. The van der Waals surface area contributed by atoms with Crippen LogP contribution < -0.4 is 11.1 Å². The van der Waals surface area contributed by atoms with Crippen LogP contribution in [0, 0.1) is 0 Å². The first-order valence-electron chi connectivity index (χ1n) is 11.8. The lowest BCUT2D eigenvalue weighted by Crippen LogP contribution is -2.53. The molecule has 7 heteroatoms. The average Bonchev–Trinajstić information content (AvgIpc) is 2.84. The summed E-state index contributed by atoms with van der Waals surface area (Å²) in [6.45, 7) is 5.37. The number of aliphatic carboxylic acids is 1. The summed E-state index contributed by atoms with van der Waals surface area (Å²) in [5, 5.41) is 13.4. The molecule has 0 saturated heterocycles. The Hall–Kier alpha value is -3.97. The molecule has 0 unspecified atom stereocenters. The molecule has 36 heavy (non-hydrogen) atoms. The molecule has 0 bridgehead atoms. The van der Waals surface area contributed by atoms with Gasteiger partial charge in [0.1, 0.15) is 11.6 Å². The summed E-state index contributed by atoms with van der Waals surface area (Å²) in [7, 11) is 0. The third-order valence-corrected chi connectivity index (χ3v) is 5.73. The first-order valence-corrected chi connectivity index (χ1v) is 11.8. The lowest BCUT2D eigenvalue weighted by atomic mass is 9.74. The van der Waals surface area contributed by atoms with Gasteiger partial charge >= 0.3 is 11.9 Å². The van der Waals surface area contributed by atoms with Crippen LogP contribution in [0.15, 0.2) is 84.9 Å². The Kier molecular flexibility index (Phi) is 8.27. The van der Waals surface area contributed by atoms with Crippen molar-refractivity contribution in [1.82, 2.24) is 5.32 Å². The number of carbonyl (C=O) groups is 3. The smallest absolute Gasteiger partial charge is 0.339 e. The predicted molar refractivity (Wildman–Crippen MR) is 137 cm³/mol. The maximum Gasteiger partial charge on any atom is 0.339 e. The van der Waals surface area contributed by atoms with Crippen LogP contribution in [0.1, 0.15) is 60.7 Å². The lowest BCUT2D eigenvalue weighted by molar-refractivity contribution is -0.140. The Morgan fingerprint density at radius 1 is 0.861 bits per heavy atom. The van der Waals surface area contributed by atoms with Crippen LogP contribution in [-0.2, 0) is 19.9 Å². The second kappa shape index (κ2) is 11.2. The topological polar surface area (TPSA) is 119 Å². The number of carboxylic acid groups (broad SMARTS) is 1. The maximum atomic E-state index is 13.4. The summed E-state index contributed by atoms with van der Waals surface area (Å²) in [5.74, 6) is -2.26. The molecule has 0 saturated carbocycles. The van der Waals surface area contributed by atoms with Crippen LogP contribution in [0.3, 0.4) is 0 Å². The monoisotopic (exact) mass is 488 g/mol. The molecule has 1 atom stereocenters. The molecule has 188 valence electrons.